The fourth-order valence-corrected chi connectivity index (χ4v) is 4.05. The summed E-state index contributed by atoms with van der Waals surface area (Å²) in [5, 5.41) is 12.2. The van der Waals surface area contributed by atoms with Gasteiger partial charge in [-0.15, -0.1) is 0 Å². The van der Waals surface area contributed by atoms with Gasteiger partial charge in [0.15, 0.2) is 0 Å². The molecule has 1 nitrogen and oxygen atoms in total. The second kappa shape index (κ2) is 4.70. The van der Waals surface area contributed by atoms with Crippen molar-refractivity contribution in [1.29, 1.82) is 0 Å². The molecule has 2 atom stereocenters. The van der Waals surface area contributed by atoms with Gasteiger partial charge in [-0.25, -0.2) is 0 Å². The Balaban J connectivity index is 2.43. The molecule has 0 spiro atoms. The highest BCUT2D eigenvalue weighted by Gasteiger charge is 2.43. The highest BCUT2D eigenvalue weighted by atomic mass is 35.5. The Bertz CT molecular complexity index is 456. The molecule has 2 rings (SSSR count). The van der Waals surface area contributed by atoms with E-state index in [0.717, 1.165) is 24.8 Å². The SMILES string of the molecule is CC1CC(C)(C)CC(O)(c2cc(Cl)ccc2Cl)C1. The van der Waals surface area contributed by atoms with Gasteiger partial charge in [0.05, 0.1) is 5.60 Å². The molecule has 0 saturated heterocycles. The first-order valence-electron chi connectivity index (χ1n) is 6.40. The van der Waals surface area contributed by atoms with E-state index < -0.39 is 5.60 Å². The molecule has 1 fully saturated rings. The van der Waals surface area contributed by atoms with Gasteiger partial charge >= 0.3 is 0 Å². The van der Waals surface area contributed by atoms with Crippen molar-refractivity contribution in [1.82, 2.24) is 0 Å². The first-order valence-corrected chi connectivity index (χ1v) is 7.15. The molecule has 1 saturated carbocycles. The van der Waals surface area contributed by atoms with E-state index in [1.165, 1.54) is 0 Å². The predicted octanol–water partition coefficient (Wildman–Crippen LogP) is 5.03. The summed E-state index contributed by atoms with van der Waals surface area (Å²) in [6, 6.07) is 5.33. The Hall–Kier alpha value is -0.240. The molecule has 18 heavy (non-hydrogen) atoms. The van der Waals surface area contributed by atoms with Crippen LogP contribution in [0.2, 0.25) is 10.0 Å². The molecule has 0 bridgehead atoms. The molecule has 0 amide bonds. The maximum atomic E-state index is 11.0. The van der Waals surface area contributed by atoms with E-state index in [0.29, 0.717) is 16.0 Å². The van der Waals surface area contributed by atoms with Crippen LogP contribution >= 0.6 is 23.2 Å². The third-order valence-electron chi connectivity index (χ3n) is 3.79. The number of halogens is 2. The zero-order chi connectivity index (χ0) is 13.6. The molecule has 0 radical (unpaired) electrons. The van der Waals surface area contributed by atoms with E-state index in [1.54, 1.807) is 18.2 Å². The van der Waals surface area contributed by atoms with Crippen molar-refractivity contribution in [3.63, 3.8) is 0 Å². The van der Waals surface area contributed by atoms with E-state index in [4.69, 9.17) is 23.2 Å². The minimum atomic E-state index is -0.858. The second-order valence-corrected chi connectivity index (χ2v) is 7.35. The third kappa shape index (κ3) is 2.84. The average Bonchev–Trinajstić information content (AvgIpc) is 2.17. The number of rotatable bonds is 1. The summed E-state index contributed by atoms with van der Waals surface area (Å²) in [5.74, 6) is 0.480. The van der Waals surface area contributed by atoms with E-state index in [-0.39, 0.29) is 5.41 Å². The van der Waals surface area contributed by atoms with Crippen LogP contribution in [0.25, 0.3) is 0 Å². The molecule has 3 heteroatoms. The summed E-state index contributed by atoms with van der Waals surface area (Å²) in [5.41, 5.74) is 0.0394. The van der Waals surface area contributed by atoms with E-state index in [9.17, 15) is 5.11 Å². The van der Waals surface area contributed by atoms with Crippen LogP contribution in [0.3, 0.4) is 0 Å². The molecular formula is C15H20Cl2O. The first-order chi connectivity index (χ1) is 8.22. The van der Waals surface area contributed by atoms with E-state index >= 15 is 0 Å². The molecule has 0 aromatic heterocycles. The summed E-state index contributed by atoms with van der Waals surface area (Å²) < 4.78 is 0. The van der Waals surface area contributed by atoms with Gasteiger partial charge in [0.2, 0.25) is 0 Å². The van der Waals surface area contributed by atoms with Crippen molar-refractivity contribution in [2.75, 3.05) is 0 Å². The molecule has 2 unspecified atom stereocenters. The van der Waals surface area contributed by atoms with Crippen LogP contribution in [0.1, 0.15) is 45.6 Å². The van der Waals surface area contributed by atoms with Crippen LogP contribution in [0.15, 0.2) is 18.2 Å². The maximum absolute atomic E-state index is 11.0. The van der Waals surface area contributed by atoms with Crippen LogP contribution in [0, 0.1) is 11.3 Å². The van der Waals surface area contributed by atoms with Crippen molar-refractivity contribution in [3.8, 4) is 0 Å². The quantitative estimate of drug-likeness (QED) is 0.768. The largest absolute Gasteiger partial charge is 0.385 e. The highest BCUT2D eigenvalue weighted by molar-refractivity contribution is 6.33. The molecule has 1 aliphatic carbocycles. The molecular weight excluding hydrogens is 267 g/mol. The fraction of sp³-hybridized carbons (Fsp3) is 0.600. The van der Waals surface area contributed by atoms with Crippen molar-refractivity contribution < 1.29 is 5.11 Å². The number of aliphatic hydroxyl groups is 1. The van der Waals surface area contributed by atoms with Crippen LogP contribution < -0.4 is 0 Å². The Morgan fingerprint density at radius 3 is 2.50 bits per heavy atom. The normalized spacial score (nSPS) is 31.3. The molecule has 0 aliphatic heterocycles. The molecule has 1 N–H and O–H groups in total. The molecule has 1 aromatic carbocycles. The van der Waals surface area contributed by atoms with Gasteiger partial charge in [0.25, 0.3) is 0 Å². The van der Waals surface area contributed by atoms with Crippen LogP contribution in [0.4, 0.5) is 0 Å². The van der Waals surface area contributed by atoms with Gasteiger partial charge in [0, 0.05) is 15.6 Å². The summed E-state index contributed by atoms with van der Waals surface area (Å²) in [6.45, 7) is 6.59. The molecule has 1 aromatic rings. The van der Waals surface area contributed by atoms with E-state index in [2.05, 4.69) is 20.8 Å². The Kier molecular flexibility index (Phi) is 3.70. The van der Waals surface area contributed by atoms with Gasteiger partial charge in [-0.1, -0.05) is 44.0 Å². The standard InChI is InChI=1S/C15H20Cl2O/c1-10-7-14(2,3)9-15(18,8-10)12-6-11(16)4-5-13(12)17/h4-6,10,18H,7-9H2,1-3H3. The van der Waals surface area contributed by atoms with Crippen molar-refractivity contribution in [2.24, 2.45) is 11.3 Å². The van der Waals surface area contributed by atoms with Crippen LogP contribution in [-0.4, -0.2) is 5.11 Å². The van der Waals surface area contributed by atoms with Crippen LogP contribution in [0.5, 0.6) is 0 Å². The fourth-order valence-electron chi connectivity index (χ4n) is 3.59. The molecule has 1 aliphatic rings. The van der Waals surface area contributed by atoms with Crippen LogP contribution in [-0.2, 0) is 5.60 Å². The smallest absolute Gasteiger partial charge is 0.0919 e. The minimum Gasteiger partial charge on any atom is -0.385 e. The second-order valence-electron chi connectivity index (χ2n) is 6.51. The van der Waals surface area contributed by atoms with Gasteiger partial charge < -0.3 is 5.11 Å². The summed E-state index contributed by atoms with van der Waals surface area (Å²) in [6.07, 6.45) is 2.61. The predicted molar refractivity (Wildman–Crippen MR) is 77.2 cm³/mol. The lowest BCUT2D eigenvalue weighted by Gasteiger charge is -2.45. The number of hydrogen-bond donors (Lipinski definition) is 1. The van der Waals surface area contributed by atoms with E-state index in [1.807, 2.05) is 0 Å². The van der Waals surface area contributed by atoms with Gasteiger partial charge in [-0.2, -0.15) is 0 Å². The molecule has 100 valence electrons. The number of hydrogen-bond acceptors (Lipinski definition) is 1. The topological polar surface area (TPSA) is 20.2 Å². The zero-order valence-corrected chi connectivity index (χ0v) is 12.6. The summed E-state index contributed by atoms with van der Waals surface area (Å²) >= 11 is 12.3. The van der Waals surface area contributed by atoms with Crippen molar-refractivity contribution >= 4 is 23.2 Å². The minimum absolute atomic E-state index is 0.123. The summed E-state index contributed by atoms with van der Waals surface area (Å²) in [4.78, 5) is 0. The lowest BCUT2D eigenvalue weighted by Crippen LogP contribution is -2.40. The zero-order valence-electron chi connectivity index (χ0n) is 11.1. The molecule has 0 heterocycles. The van der Waals surface area contributed by atoms with Crippen molar-refractivity contribution in [2.45, 2.75) is 45.6 Å². The lowest BCUT2D eigenvalue weighted by atomic mass is 9.64. The number of benzene rings is 1. The average molecular weight is 287 g/mol. The van der Waals surface area contributed by atoms with Crippen molar-refractivity contribution in [3.05, 3.63) is 33.8 Å². The highest BCUT2D eigenvalue weighted by Crippen LogP contribution is 2.50. The Labute approximate surface area is 119 Å². The van der Waals surface area contributed by atoms with Gasteiger partial charge in [-0.05, 0) is 48.8 Å². The first kappa shape index (κ1) is 14.2. The summed E-state index contributed by atoms with van der Waals surface area (Å²) in [7, 11) is 0. The van der Waals surface area contributed by atoms with Gasteiger partial charge in [-0.3, -0.25) is 0 Å². The Morgan fingerprint density at radius 1 is 1.22 bits per heavy atom. The van der Waals surface area contributed by atoms with Gasteiger partial charge in [0.1, 0.15) is 0 Å². The third-order valence-corrected chi connectivity index (χ3v) is 4.35. The Morgan fingerprint density at radius 2 is 1.89 bits per heavy atom. The maximum Gasteiger partial charge on any atom is 0.0919 e. The monoisotopic (exact) mass is 286 g/mol. The lowest BCUT2D eigenvalue weighted by molar-refractivity contribution is -0.0634.